The van der Waals surface area contributed by atoms with E-state index < -0.39 is 5.97 Å². The Kier molecular flexibility index (Phi) is 5.19. The van der Waals surface area contributed by atoms with Crippen LogP contribution in [0.15, 0.2) is 24.3 Å². The number of benzene rings is 1. The Morgan fingerprint density at radius 1 is 1.33 bits per heavy atom. The summed E-state index contributed by atoms with van der Waals surface area (Å²) in [6, 6.07) is 8.18. The van der Waals surface area contributed by atoms with E-state index in [-0.39, 0.29) is 36.8 Å². The minimum atomic E-state index is -0.869. The number of carbonyl (C=O) groups excluding carboxylic acids is 1. The number of aliphatic carboxylic acids is 1. The Morgan fingerprint density at radius 2 is 2.12 bits per heavy atom. The number of carboxylic acids is 1. The summed E-state index contributed by atoms with van der Waals surface area (Å²) in [6.07, 6.45) is 2.86. The second kappa shape index (κ2) is 7.34. The van der Waals surface area contributed by atoms with Gasteiger partial charge in [-0.15, -0.1) is 0 Å². The Morgan fingerprint density at radius 3 is 2.79 bits per heavy atom. The fourth-order valence-corrected chi connectivity index (χ4v) is 3.61. The Balaban J connectivity index is 1.64. The highest BCUT2D eigenvalue weighted by atomic mass is 16.5. The van der Waals surface area contributed by atoms with Crippen LogP contribution >= 0.6 is 0 Å². The lowest BCUT2D eigenvalue weighted by molar-refractivity contribution is -0.139. The molecule has 130 valence electrons. The van der Waals surface area contributed by atoms with E-state index >= 15 is 0 Å². The summed E-state index contributed by atoms with van der Waals surface area (Å²) in [5.74, 6) is -0.525. The fraction of sp³-hybridized carbons (Fsp3) is 0.579. The molecular weight excluding hydrogens is 306 g/mol. The highest BCUT2D eigenvalue weighted by molar-refractivity contribution is 5.83. The SMILES string of the molecule is Cc1ccccc1C1CC1C(=O)N(CCC(=O)O)CC1CCCO1. The summed E-state index contributed by atoms with van der Waals surface area (Å²) < 4.78 is 5.63. The zero-order chi connectivity index (χ0) is 17.1. The van der Waals surface area contributed by atoms with Gasteiger partial charge in [-0.1, -0.05) is 24.3 Å². The van der Waals surface area contributed by atoms with E-state index in [1.807, 2.05) is 12.1 Å². The van der Waals surface area contributed by atoms with E-state index in [9.17, 15) is 9.59 Å². The van der Waals surface area contributed by atoms with Gasteiger partial charge < -0.3 is 14.7 Å². The third-order valence-electron chi connectivity index (χ3n) is 5.05. The molecule has 2 fully saturated rings. The lowest BCUT2D eigenvalue weighted by Gasteiger charge is -2.25. The third kappa shape index (κ3) is 3.96. The van der Waals surface area contributed by atoms with E-state index in [0.29, 0.717) is 6.54 Å². The fourth-order valence-electron chi connectivity index (χ4n) is 3.61. The normalized spacial score (nSPS) is 25.5. The molecule has 0 aromatic heterocycles. The summed E-state index contributed by atoms with van der Waals surface area (Å²) in [4.78, 5) is 25.5. The molecule has 1 aliphatic carbocycles. The maximum Gasteiger partial charge on any atom is 0.305 e. The van der Waals surface area contributed by atoms with Gasteiger partial charge >= 0.3 is 5.97 Å². The van der Waals surface area contributed by atoms with Crippen LogP contribution < -0.4 is 0 Å². The van der Waals surface area contributed by atoms with Gasteiger partial charge in [0.05, 0.1) is 12.5 Å². The van der Waals surface area contributed by atoms with E-state index in [4.69, 9.17) is 9.84 Å². The molecule has 1 aromatic rings. The maximum atomic E-state index is 12.9. The summed E-state index contributed by atoms with van der Waals surface area (Å²) in [7, 11) is 0. The van der Waals surface area contributed by atoms with Crippen molar-refractivity contribution in [1.82, 2.24) is 4.90 Å². The molecule has 3 atom stereocenters. The van der Waals surface area contributed by atoms with Gasteiger partial charge in [0.25, 0.3) is 0 Å². The summed E-state index contributed by atoms with van der Waals surface area (Å²) in [6.45, 7) is 3.60. The second-order valence-electron chi connectivity index (χ2n) is 6.87. The van der Waals surface area contributed by atoms with Crippen molar-refractivity contribution in [3.8, 4) is 0 Å². The number of rotatable bonds is 7. The molecule has 1 saturated heterocycles. The van der Waals surface area contributed by atoms with Crippen LogP contribution in [0, 0.1) is 12.8 Å². The zero-order valence-electron chi connectivity index (χ0n) is 14.1. The van der Waals surface area contributed by atoms with Crippen molar-refractivity contribution < 1.29 is 19.4 Å². The summed E-state index contributed by atoms with van der Waals surface area (Å²) >= 11 is 0. The highest BCUT2D eigenvalue weighted by Gasteiger charge is 2.46. The average Bonchev–Trinajstić information content (AvgIpc) is 3.18. The average molecular weight is 331 g/mol. The molecule has 24 heavy (non-hydrogen) atoms. The van der Waals surface area contributed by atoms with Gasteiger partial charge in [0.15, 0.2) is 0 Å². The quantitative estimate of drug-likeness (QED) is 0.834. The van der Waals surface area contributed by atoms with Crippen LogP contribution in [0.4, 0.5) is 0 Å². The maximum absolute atomic E-state index is 12.9. The van der Waals surface area contributed by atoms with Crippen LogP contribution in [0.1, 0.15) is 42.7 Å². The molecule has 1 aromatic carbocycles. The predicted molar refractivity (Wildman–Crippen MR) is 89.8 cm³/mol. The van der Waals surface area contributed by atoms with Gasteiger partial charge in [0, 0.05) is 25.6 Å². The second-order valence-corrected chi connectivity index (χ2v) is 6.87. The Labute approximate surface area is 142 Å². The summed E-state index contributed by atoms with van der Waals surface area (Å²) in [5, 5.41) is 8.96. The Hall–Kier alpha value is -1.88. The summed E-state index contributed by atoms with van der Waals surface area (Å²) in [5.41, 5.74) is 2.46. The van der Waals surface area contributed by atoms with Crippen LogP contribution in [0.2, 0.25) is 0 Å². The molecule has 3 rings (SSSR count). The van der Waals surface area contributed by atoms with Gasteiger partial charge in [-0.3, -0.25) is 9.59 Å². The van der Waals surface area contributed by atoms with Gasteiger partial charge in [0.1, 0.15) is 0 Å². The minimum Gasteiger partial charge on any atom is -0.481 e. The molecule has 5 heteroatoms. The number of hydrogen-bond donors (Lipinski definition) is 1. The molecule has 0 spiro atoms. The molecule has 2 aliphatic rings. The van der Waals surface area contributed by atoms with Gasteiger partial charge in [0.2, 0.25) is 5.91 Å². The molecule has 1 heterocycles. The van der Waals surface area contributed by atoms with Crippen LogP contribution in [0.25, 0.3) is 0 Å². The number of carboxylic acid groups (broad SMARTS) is 1. The van der Waals surface area contributed by atoms with Crippen molar-refractivity contribution in [2.24, 2.45) is 5.92 Å². The zero-order valence-corrected chi connectivity index (χ0v) is 14.1. The molecule has 1 N–H and O–H groups in total. The van der Waals surface area contributed by atoms with E-state index in [0.717, 1.165) is 25.9 Å². The van der Waals surface area contributed by atoms with Crippen molar-refractivity contribution in [3.63, 3.8) is 0 Å². The highest BCUT2D eigenvalue weighted by Crippen LogP contribution is 2.49. The van der Waals surface area contributed by atoms with Gasteiger partial charge in [-0.25, -0.2) is 0 Å². The Bertz CT molecular complexity index is 609. The lowest BCUT2D eigenvalue weighted by Crippen LogP contribution is -2.39. The molecule has 0 radical (unpaired) electrons. The molecule has 0 bridgehead atoms. The number of nitrogens with zero attached hydrogens (tertiary/aromatic N) is 1. The van der Waals surface area contributed by atoms with Crippen molar-refractivity contribution >= 4 is 11.9 Å². The molecule has 1 amide bonds. The number of ether oxygens (including phenoxy) is 1. The smallest absolute Gasteiger partial charge is 0.305 e. The first-order chi connectivity index (χ1) is 11.6. The van der Waals surface area contributed by atoms with Crippen LogP contribution in [-0.2, 0) is 14.3 Å². The number of amides is 1. The largest absolute Gasteiger partial charge is 0.481 e. The van der Waals surface area contributed by atoms with Crippen LogP contribution in [0.3, 0.4) is 0 Å². The molecule has 3 unspecified atom stereocenters. The minimum absolute atomic E-state index is 0.0127. The van der Waals surface area contributed by atoms with Crippen LogP contribution in [0.5, 0.6) is 0 Å². The van der Waals surface area contributed by atoms with Crippen molar-refractivity contribution in [2.45, 2.75) is 44.6 Å². The first-order valence-corrected chi connectivity index (χ1v) is 8.74. The van der Waals surface area contributed by atoms with E-state index in [1.165, 1.54) is 11.1 Å². The van der Waals surface area contributed by atoms with Crippen molar-refractivity contribution in [1.29, 1.82) is 0 Å². The number of aryl methyl sites for hydroxylation is 1. The molecule has 5 nitrogen and oxygen atoms in total. The molecule has 1 saturated carbocycles. The third-order valence-corrected chi connectivity index (χ3v) is 5.05. The lowest BCUT2D eigenvalue weighted by atomic mass is 10.0. The molecule has 1 aliphatic heterocycles. The first kappa shape index (κ1) is 17.0. The topological polar surface area (TPSA) is 66.8 Å². The van der Waals surface area contributed by atoms with Gasteiger partial charge in [-0.05, 0) is 43.2 Å². The predicted octanol–water partition coefficient (Wildman–Crippen LogP) is 2.58. The van der Waals surface area contributed by atoms with Crippen molar-refractivity contribution in [2.75, 3.05) is 19.7 Å². The standard InChI is InChI=1S/C19H25NO4/c1-13-5-2-3-7-15(13)16-11-17(16)19(23)20(9-8-18(21)22)12-14-6-4-10-24-14/h2-3,5,7,14,16-17H,4,6,8-12H2,1H3,(H,21,22). The van der Waals surface area contributed by atoms with Gasteiger partial charge in [-0.2, -0.15) is 0 Å². The molecular formula is C19H25NO4. The number of hydrogen-bond acceptors (Lipinski definition) is 3. The first-order valence-electron chi connectivity index (χ1n) is 8.74. The van der Waals surface area contributed by atoms with Crippen molar-refractivity contribution in [3.05, 3.63) is 35.4 Å². The number of carbonyl (C=O) groups is 2. The van der Waals surface area contributed by atoms with Crippen LogP contribution in [-0.4, -0.2) is 47.7 Å². The van der Waals surface area contributed by atoms with E-state index in [1.54, 1.807) is 4.90 Å². The van der Waals surface area contributed by atoms with E-state index in [2.05, 4.69) is 19.1 Å². The monoisotopic (exact) mass is 331 g/mol.